The molecule has 0 aromatic carbocycles. The molecule has 7 nitrogen and oxygen atoms in total. The van der Waals surface area contributed by atoms with Gasteiger partial charge in [0.1, 0.15) is 0 Å². The summed E-state index contributed by atoms with van der Waals surface area (Å²) in [6.45, 7) is 5.97. The average Bonchev–Trinajstić information content (AvgIpc) is 3.05. The van der Waals surface area contributed by atoms with E-state index in [0.717, 1.165) is 17.2 Å². The van der Waals surface area contributed by atoms with E-state index in [9.17, 15) is 0 Å². The van der Waals surface area contributed by atoms with Gasteiger partial charge in [-0.05, 0) is 39.7 Å². The predicted molar refractivity (Wildman–Crippen MR) is 80.8 cm³/mol. The van der Waals surface area contributed by atoms with Crippen LogP contribution in [0.2, 0.25) is 0 Å². The molecular weight excluding hydrogens is 300 g/mol. The van der Waals surface area contributed by atoms with Crippen molar-refractivity contribution in [1.29, 1.82) is 0 Å². The van der Waals surface area contributed by atoms with Gasteiger partial charge in [-0.25, -0.2) is 9.50 Å². The van der Waals surface area contributed by atoms with E-state index in [2.05, 4.69) is 25.2 Å². The molecule has 0 bridgehead atoms. The third-order valence-electron chi connectivity index (χ3n) is 3.63. The van der Waals surface area contributed by atoms with Crippen molar-refractivity contribution in [2.45, 2.75) is 49.9 Å². The van der Waals surface area contributed by atoms with E-state index in [1.54, 1.807) is 4.52 Å². The monoisotopic (exact) mass is 316 g/mol. The van der Waals surface area contributed by atoms with Crippen molar-refractivity contribution >= 4 is 17.5 Å². The van der Waals surface area contributed by atoms with Crippen LogP contribution in [0.3, 0.4) is 0 Å². The molecule has 1 aliphatic carbocycles. The van der Waals surface area contributed by atoms with Crippen molar-refractivity contribution in [3.8, 4) is 0 Å². The number of thioether (sulfide) groups is 1. The maximum absolute atomic E-state index is 5.36. The molecule has 0 radical (unpaired) electrons. The van der Waals surface area contributed by atoms with Crippen molar-refractivity contribution in [3.63, 3.8) is 0 Å². The van der Waals surface area contributed by atoms with Crippen LogP contribution in [0.5, 0.6) is 0 Å². The number of nitrogens with zero attached hydrogens (tertiary/aromatic N) is 6. The Morgan fingerprint density at radius 1 is 1.27 bits per heavy atom. The van der Waals surface area contributed by atoms with Gasteiger partial charge in [0.05, 0.1) is 5.25 Å². The van der Waals surface area contributed by atoms with Crippen LogP contribution < -0.4 is 0 Å². The minimum atomic E-state index is 0.0128. The van der Waals surface area contributed by atoms with Gasteiger partial charge in [0.15, 0.2) is 5.82 Å². The van der Waals surface area contributed by atoms with Crippen LogP contribution in [0, 0.1) is 13.8 Å². The van der Waals surface area contributed by atoms with Crippen LogP contribution in [0.4, 0.5) is 0 Å². The summed E-state index contributed by atoms with van der Waals surface area (Å²) in [5.74, 6) is 2.58. The number of rotatable bonds is 4. The van der Waals surface area contributed by atoms with Gasteiger partial charge in [-0.1, -0.05) is 16.9 Å². The summed E-state index contributed by atoms with van der Waals surface area (Å²) in [6, 6.07) is 1.99. The normalized spacial score (nSPS) is 16.3. The van der Waals surface area contributed by atoms with Gasteiger partial charge in [-0.2, -0.15) is 9.97 Å². The third kappa shape index (κ3) is 2.47. The number of fused-ring (bicyclic) bond motifs is 1. The molecule has 1 unspecified atom stereocenters. The number of aromatic nitrogens is 6. The first kappa shape index (κ1) is 13.7. The highest BCUT2D eigenvalue weighted by molar-refractivity contribution is 7.99. The maximum Gasteiger partial charge on any atom is 0.253 e. The molecule has 0 amide bonds. The summed E-state index contributed by atoms with van der Waals surface area (Å²) in [5, 5.41) is 9.22. The van der Waals surface area contributed by atoms with Crippen LogP contribution in [0.15, 0.2) is 15.7 Å². The topological polar surface area (TPSA) is 82.0 Å². The Balaban J connectivity index is 1.57. The lowest BCUT2D eigenvalue weighted by atomic mass is 10.4. The molecule has 3 aromatic heterocycles. The van der Waals surface area contributed by atoms with Crippen LogP contribution in [0.1, 0.15) is 54.0 Å². The van der Waals surface area contributed by atoms with Gasteiger partial charge in [-0.3, -0.25) is 0 Å². The SMILES string of the molecule is Cc1cc(C)n2nc(SC(C)c3nc(C4CC4)no3)nc2n1. The zero-order chi connectivity index (χ0) is 15.3. The minimum absolute atomic E-state index is 0.0128. The molecule has 0 saturated heterocycles. The molecule has 4 rings (SSSR count). The largest absolute Gasteiger partial charge is 0.338 e. The molecule has 1 saturated carbocycles. The molecule has 1 fully saturated rings. The molecule has 1 aliphatic rings. The highest BCUT2D eigenvalue weighted by Gasteiger charge is 2.30. The second-order valence-electron chi connectivity index (χ2n) is 5.67. The Labute approximate surface area is 131 Å². The molecule has 1 atom stereocenters. The van der Waals surface area contributed by atoms with Crippen molar-refractivity contribution in [2.24, 2.45) is 0 Å². The van der Waals surface area contributed by atoms with E-state index >= 15 is 0 Å². The highest BCUT2D eigenvalue weighted by atomic mass is 32.2. The van der Waals surface area contributed by atoms with Crippen LogP contribution in [-0.2, 0) is 0 Å². The molecular formula is C14H16N6OS. The third-order valence-corrected chi connectivity index (χ3v) is 4.57. The molecule has 114 valence electrons. The Bertz CT molecular complexity index is 837. The van der Waals surface area contributed by atoms with E-state index < -0.39 is 0 Å². The lowest BCUT2D eigenvalue weighted by molar-refractivity contribution is 0.375. The van der Waals surface area contributed by atoms with Crippen molar-refractivity contribution in [1.82, 2.24) is 29.7 Å². The minimum Gasteiger partial charge on any atom is -0.338 e. The van der Waals surface area contributed by atoms with Crippen LogP contribution in [-0.4, -0.2) is 29.7 Å². The molecule has 0 spiro atoms. The standard InChI is InChI=1S/C14H16N6OS/c1-7-6-8(2)20-13(15-7)17-14(18-20)22-9(3)12-16-11(19-21-12)10-4-5-10/h6,9-10H,4-5H2,1-3H3. The smallest absolute Gasteiger partial charge is 0.253 e. The Morgan fingerprint density at radius 3 is 2.86 bits per heavy atom. The fraction of sp³-hybridized carbons (Fsp3) is 0.500. The van der Waals surface area contributed by atoms with Gasteiger partial charge < -0.3 is 4.52 Å². The van der Waals surface area contributed by atoms with Crippen LogP contribution >= 0.6 is 11.8 Å². The maximum atomic E-state index is 5.36. The first-order valence-corrected chi connectivity index (χ1v) is 8.19. The van der Waals surface area contributed by atoms with E-state index in [1.807, 2.05) is 26.8 Å². The van der Waals surface area contributed by atoms with Crippen LogP contribution in [0.25, 0.3) is 5.78 Å². The zero-order valence-electron chi connectivity index (χ0n) is 12.6. The molecule has 0 N–H and O–H groups in total. The lowest BCUT2D eigenvalue weighted by Crippen LogP contribution is -1.97. The van der Waals surface area contributed by atoms with Gasteiger partial charge in [-0.15, -0.1) is 5.10 Å². The van der Waals surface area contributed by atoms with E-state index in [0.29, 0.717) is 22.7 Å². The summed E-state index contributed by atoms with van der Waals surface area (Å²) in [7, 11) is 0. The second-order valence-corrected chi connectivity index (χ2v) is 6.98. The first-order chi connectivity index (χ1) is 10.6. The van der Waals surface area contributed by atoms with Crippen molar-refractivity contribution in [3.05, 3.63) is 29.2 Å². The fourth-order valence-electron chi connectivity index (χ4n) is 2.33. The van der Waals surface area contributed by atoms with Gasteiger partial charge in [0.25, 0.3) is 5.78 Å². The van der Waals surface area contributed by atoms with Gasteiger partial charge >= 0.3 is 0 Å². The quantitative estimate of drug-likeness (QED) is 0.684. The number of hydrogen-bond acceptors (Lipinski definition) is 7. The molecule has 3 heterocycles. The molecule has 8 heteroatoms. The van der Waals surface area contributed by atoms with Gasteiger partial charge in [0.2, 0.25) is 11.0 Å². The van der Waals surface area contributed by atoms with E-state index in [4.69, 9.17) is 4.52 Å². The number of aryl methyl sites for hydroxylation is 2. The average molecular weight is 316 g/mol. The Morgan fingerprint density at radius 2 is 2.09 bits per heavy atom. The molecule has 0 aliphatic heterocycles. The summed E-state index contributed by atoms with van der Waals surface area (Å²) < 4.78 is 7.11. The van der Waals surface area contributed by atoms with E-state index in [-0.39, 0.29) is 5.25 Å². The van der Waals surface area contributed by atoms with Gasteiger partial charge in [0, 0.05) is 17.3 Å². The molecule has 22 heavy (non-hydrogen) atoms. The lowest BCUT2D eigenvalue weighted by Gasteiger charge is -2.01. The Hall–Kier alpha value is -1.96. The molecule has 3 aromatic rings. The zero-order valence-corrected chi connectivity index (χ0v) is 13.5. The predicted octanol–water partition coefficient (Wildman–Crippen LogP) is 2.85. The summed E-state index contributed by atoms with van der Waals surface area (Å²) >= 11 is 1.50. The second kappa shape index (κ2) is 5.05. The van der Waals surface area contributed by atoms with Crippen molar-refractivity contribution in [2.75, 3.05) is 0 Å². The van der Waals surface area contributed by atoms with Crippen molar-refractivity contribution < 1.29 is 4.52 Å². The number of hydrogen-bond donors (Lipinski definition) is 0. The highest BCUT2D eigenvalue weighted by Crippen LogP contribution is 2.39. The first-order valence-electron chi connectivity index (χ1n) is 7.31. The Kier molecular flexibility index (Phi) is 3.14. The summed E-state index contributed by atoms with van der Waals surface area (Å²) in [4.78, 5) is 13.3. The van der Waals surface area contributed by atoms with E-state index in [1.165, 1.54) is 24.6 Å². The summed E-state index contributed by atoms with van der Waals surface area (Å²) in [6.07, 6.45) is 2.33. The fourth-order valence-corrected chi connectivity index (χ4v) is 3.10. The summed E-state index contributed by atoms with van der Waals surface area (Å²) in [5.41, 5.74) is 1.95.